The average Bonchev–Trinajstić information content (AvgIpc) is 3.33. The van der Waals surface area contributed by atoms with Gasteiger partial charge in [-0.15, -0.1) is 0 Å². The summed E-state index contributed by atoms with van der Waals surface area (Å²) in [4.78, 5) is 33.4. The molecular weight excluding hydrogens is 440 g/mol. The maximum Gasteiger partial charge on any atom is 0.254 e. The quantitative estimate of drug-likeness (QED) is 0.632. The zero-order valence-electron chi connectivity index (χ0n) is 21.2. The maximum absolute atomic E-state index is 13.6. The first-order valence-corrected chi connectivity index (χ1v) is 12.6. The number of benzene rings is 2. The Bertz CT molecular complexity index is 986. The molecule has 2 heterocycles. The standard InChI is InChI=1S/C28H38N4O3/c1-21-4-8-23(9-5-21)19-31(16-17-35-3)25-18-26(28(34)30-14-12-29-13-15-30)32(20-25)27(33)24-10-6-22(2)7-11-24/h4-11,25-26,29H,12-20H2,1-3H3. The van der Waals surface area contributed by atoms with Crippen LogP contribution >= 0.6 is 0 Å². The van der Waals surface area contributed by atoms with Gasteiger partial charge in [0, 0.05) is 64.5 Å². The number of methoxy groups -OCH3 is 1. The minimum atomic E-state index is -0.449. The molecule has 2 fully saturated rings. The molecule has 2 aliphatic rings. The molecule has 7 heteroatoms. The molecule has 0 bridgehead atoms. The Balaban J connectivity index is 1.58. The van der Waals surface area contributed by atoms with Crippen LogP contribution in [0.4, 0.5) is 0 Å². The molecule has 4 rings (SSSR count). The third-order valence-corrected chi connectivity index (χ3v) is 7.16. The van der Waals surface area contributed by atoms with Gasteiger partial charge in [-0.3, -0.25) is 14.5 Å². The zero-order valence-corrected chi connectivity index (χ0v) is 21.2. The van der Waals surface area contributed by atoms with Crippen molar-refractivity contribution in [2.75, 3.05) is 53.0 Å². The Labute approximate surface area is 209 Å². The van der Waals surface area contributed by atoms with E-state index in [0.717, 1.165) is 31.7 Å². The number of hydrogen-bond donors (Lipinski definition) is 1. The molecule has 0 spiro atoms. The number of likely N-dealkylation sites (tertiary alicyclic amines) is 1. The van der Waals surface area contributed by atoms with Crippen LogP contribution in [0.3, 0.4) is 0 Å². The molecule has 188 valence electrons. The normalized spacial score (nSPS) is 20.5. The number of nitrogens with zero attached hydrogens (tertiary/aromatic N) is 3. The monoisotopic (exact) mass is 478 g/mol. The molecule has 2 aromatic carbocycles. The van der Waals surface area contributed by atoms with Crippen LogP contribution in [0.25, 0.3) is 0 Å². The number of aryl methyl sites for hydroxylation is 2. The summed E-state index contributed by atoms with van der Waals surface area (Å²) in [6.07, 6.45) is 0.635. The Morgan fingerprint density at radius 2 is 1.63 bits per heavy atom. The summed E-state index contributed by atoms with van der Waals surface area (Å²) in [6, 6.07) is 15.8. The van der Waals surface area contributed by atoms with Gasteiger partial charge in [-0.2, -0.15) is 0 Å². The second-order valence-electron chi connectivity index (χ2n) is 9.75. The van der Waals surface area contributed by atoms with Gasteiger partial charge in [0.15, 0.2) is 0 Å². The van der Waals surface area contributed by atoms with Gasteiger partial charge in [-0.05, 0) is 38.0 Å². The summed E-state index contributed by atoms with van der Waals surface area (Å²) in [5, 5.41) is 3.31. The highest BCUT2D eigenvalue weighted by Gasteiger charge is 2.43. The Kier molecular flexibility index (Phi) is 8.55. The number of carbonyl (C=O) groups is 2. The lowest BCUT2D eigenvalue weighted by molar-refractivity contribution is -0.135. The van der Waals surface area contributed by atoms with Gasteiger partial charge in [0.05, 0.1) is 6.61 Å². The van der Waals surface area contributed by atoms with Crippen LogP contribution < -0.4 is 5.32 Å². The van der Waals surface area contributed by atoms with Gasteiger partial charge in [0.25, 0.3) is 5.91 Å². The molecule has 0 radical (unpaired) electrons. The second kappa shape index (κ2) is 11.8. The lowest BCUT2D eigenvalue weighted by atomic mass is 10.1. The molecule has 2 aromatic rings. The van der Waals surface area contributed by atoms with E-state index >= 15 is 0 Å². The van der Waals surface area contributed by atoms with Crippen molar-refractivity contribution in [2.24, 2.45) is 0 Å². The third-order valence-electron chi connectivity index (χ3n) is 7.16. The van der Waals surface area contributed by atoms with E-state index in [1.54, 1.807) is 7.11 Å². The minimum Gasteiger partial charge on any atom is -0.383 e. The van der Waals surface area contributed by atoms with E-state index in [-0.39, 0.29) is 17.9 Å². The maximum atomic E-state index is 13.6. The first-order valence-electron chi connectivity index (χ1n) is 12.6. The molecule has 2 aliphatic heterocycles. The van der Waals surface area contributed by atoms with Crippen molar-refractivity contribution in [3.63, 3.8) is 0 Å². The topological polar surface area (TPSA) is 65.1 Å². The number of amides is 2. The molecule has 2 unspecified atom stereocenters. The number of piperazine rings is 1. The van der Waals surface area contributed by atoms with E-state index in [1.807, 2.05) is 41.0 Å². The smallest absolute Gasteiger partial charge is 0.254 e. The van der Waals surface area contributed by atoms with Crippen molar-refractivity contribution in [2.45, 2.75) is 38.9 Å². The van der Waals surface area contributed by atoms with Crippen LogP contribution in [0.2, 0.25) is 0 Å². The second-order valence-corrected chi connectivity index (χ2v) is 9.75. The third kappa shape index (κ3) is 6.28. The molecule has 7 nitrogen and oxygen atoms in total. The van der Waals surface area contributed by atoms with Crippen molar-refractivity contribution in [3.8, 4) is 0 Å². The van der Waals surface area contributed by atoms with Gasteiger partial charge in [0.2, 0.25) is 5.91 Å². The highest BCUT2D eigenvalue weighted by atomic mass is 16.5. The summed E-state index contributed by atoms with van der Waals surface area (Å²) in [5.41, 5.74) is 4.20. The van der Waals surface area contributed by atoms with E-state index in [1.165, 1.54) is 11.1 Å². The van der Waals surface area contributed by atoms with E-state index in [9.17, 15) is 9.59 Å². The number of rotatable bonds is 8. The lowest BCUT2D eigenvalue weighted by Crippen LogP contribution is -2.53. The fourth-order valence-electron chi connectivity index (χ4n) is 5.02. The molecular formula is C28H38N4O3. The largest absolute Gasteiger partial charge is 0.383 e. The molecule has 2 atom stereocenters. The molecule has 0 saturated carbocycles. The minimum absolute atomic E-state index is 0.0662. The predicted molar refractivity (Wildman–Crippen MR) is 137 cm³/mol. The van der Waals surface area contributed by atoms with E-state index in [0.29, 0.717) is 38.2 Å². The van der Waals surface area contributed by atoms with Gasteiger partial charge >= 0.3 is 0 Å². The van der Waals surface area contributed by atoms with Crippen molar-refractivity contribution in [3.05, 3.63) is 70.8 Å². The lowest BCUT2D eigenvalue weighted by Gasteiger charge is -2.32. The Morgan fingerprint density at radius 3 is 2.26 bits per heavy atom. The van der Waals surface area contributed by atoms with Gasteiger partial charge in [-0.25, -0.2) is 0 Å². The number of nitrogens with one attached hydrogen (secondary N) is 1. The predicted octanol–water partition coefficient (Wildman–Crippen LogP) is 2.47. The fourth-order valence-corrected chi connectivity index (χ4v) is 5.02. The highest BCUT2D eigenvalue weighted by molar-refractivity contribution is 5.98. The van der Waals surface area contributed by atoms with E-state index < -0.39 is 6.04 Å². The van der Waals surface area contributed by atoms with Gasteiger partial charge in [-0.1, -0.05) is 47.5 Å². The Morgan fingerprint density at radius 1 is 1.00 bits per heavy atom. The average molecular weight is 479 g/mol. The number of carbonyl (C=O) groups excluding carboxylic acids is 2. The van der Waals surface area contributed by atoms with Crippen molar-refractivity contribution in [1.82, 2.24) is 20.0 Å². The SMILES string of the molecule is COCCN(Cc1ccc(C)cc1)C1CC(C(=O)N2CCNCC2)N(C(=O)c2ccc(C)cc2)C1. The zero-order chi connectivity index (χ0) is 24.8. The molecule has 0 aromatic heterocycles. The van der Waals surface area contributed by atoms with Crippen molar-refractivity contribution >= 4 is 11.8 Å². The van der Waals surface area contributed by atoms with E-state index in [2.05, 4.69) is 41.4 Å². The molecule has 2 amide bonds. The molecule has 2 saturated heterocycles. The summed E-state index contributed by atoms with van der Waals surface area (Å²) in [6.45, 7) is 9.69. The van der Waals surface area contributed by atoms with E-state index in [4.69, 9.17) is 4.74 Å². The van der Waals surface area contributed by atoms with Crippen molar-refractivity contribution in [1.29, 1.82) is 0 Å². The first-order chi connectivity index (χ1) is 17.0. The number of ether oxygens (including phenoxy) is 1. The summed E-state index contributed by atoms with van der Waals surface area (Å²) >= 11 is 0. The molecule has 0 aliphatic carbocycles. The van der Waals surface area contributed by atoms with Crippen LogP contribution in [0.15, 0.2) is 48.5 Å². The molecule has 35 heavy (non-hydrogen) atoms. The van der Waals surface area contributed by atoms with Gasteiger partial charge < -0.3 is 19.9 Å². The first kappa shape index (κ1) is 25.4. The van der Waals surface area contributed by atoms with Gasteiger partial charge in [0.1, 0.15) is 6.04 Å². The Hall–Kier alpha value is -2.74. The fraction of sp³-hybridized carbons (Fsp3) is 0.500. The van der Waals surface area contributed by atoms with Crippen LogP contribution in [0.5, 0.6) is 0 Å². The van der Waals surface area contributed by atoms with Crippen LogP contribution in [0.1, 0.15) is 33.5 Å². The van der Waals surface area contributed by atoms with Crippen LogP contribution in [-0.4, -0.2) is 91.6 Å². The summed E-state index contributed by atoms with van der Waals surface area (Å²) in [5.74, 6) is -0.000462. The highest BCUT2D eigenvalue weighted by Crippen LogP contribution is 2.27. The van der Waals surface area contributed by atoms with Crippen LogP contribution in [-0.2, 0) is 16.1 Å². The molecule has 1 N–H and O–H groups in total. The summed E-state index contributed by atoms with van der Waals surface area (Å²) in [7, 11) is 1.71. The van der Waals surface area contributed by atoms with Crippen molar-refractivity contribution < 1.29 is 14.3 Å². The van der Waals surface area contributed by atoms with Crippen LogP contribution in [0, 0.1) is 13.8 Å². The number of hydrogen-bond acceptors (Lipinski definition) is 5. The summed E-state index contributed by atoms with van der Waals surface area (Å²) < 4.78 is 5.41.